The van der Waals surface area contributed by atoms with Crippen molar-refractivity contribution in [1.82, 2.24) is 9.88 Å². The number of carbonyl (C=O) groups excluding carboxylic acids is 1. The fourth-order valence-electron chi connectivity index (χ4n) is 4.41. The second kappa shape index (κ2) is 6.20. The van der Waals surface area contributed by atoms with Crippen LogP contribution in [0.1, 0.15) is 11.1 Å². The summed E-state index contributed by atoms with van der Waals surface area (Å²) in [6.07, 6.45) is 3.78. The molecule has 5 rings (SSSR count). The molecule has 1 fully saturated rings. The molecule has 0 radical (unpaired) electrons. The van der Waals surface area contributed by atoms with Crippen molar-refractivity contribution >= 4 is 22.5 Å². The number of aromatic nitrogens is 1. The minimum atomic E-state index is 0.134. The average Bonchev–Trinajstić information content (AvgIpc) is 3.33. The fourth-order valence-corrected chi connectivity index (χ4v) is 4.41. The average molecular weight is 345 g/mol. The Balaban J connectivity index is 1.23. The lowest BCUT2D eigenvalue weighted by Crippen LogP contribution is -2.50. The number of hydrogen-bond donors (Lipinski definition) is 1. The van der Waals surface area contributed by atoms with Gasteiger partial charge in [-0.25, -0.2) is 0 Å². The minimum absolute atomic E-state index is 0.134. The molecule has 1 aliphatic carbocycles. The highest BCUT2D eigenvalue weighted by molar-refractivity contribution is 5.83. The van der Waals surface area contributed by atoms with Crippen molar-refractivity contribution in [2.75, 3.05) is 31.1 Å². The molecule has 0 saturated carbocycles. The number of rotatable bonds is 2. The van der Waals surface area contributed by atoms with E-state index in [4.69, 9.17) is 0 Å². The molecule has 3 aromatic rings. The van der Waals surface area contributed by atoms with Crippen LogP contribution in [0.15, 0.2) is 54.7 Å². The summed E-state index contributed by atoms with van der Waals surface area (Å²) in [7, 11) is 0. The molecule has 0 unspecified atom stereocenters. The fraction of sp³-hybridized carbons (Fsp3) is 0.318. The summed E-state index contributed by atoms with van der Waals surface area (Å²) >= 11 is 0. The van der Waals surface area contributed by atoms with E-state index in [-0.39, 0.29) is 5.92 Å². The summed E-state index contributed by atoms with van der Waals surface area (Å²) in [6.45, 7) is 3.44. The van der Waals surface area contributed by atoms with Crippen molar-refractivity contribution in [3.63, 3.8) is 0 Å². The van der Waals surface area contributed by atoms with Crippen LogP contribution in [-0.2, 0) is 17.6 Å². The Morgan fingerprint density at radius 1 is 0.923 bits per heavy atom. The van der Waals surface area contributed by atoms with Crippen LogP contribution in [0.25, 0.3) is 10.9 Å². The minimum Gasteiger partial charge on any atom is -0.368 e. The number of anilines is 1. The normalized spacial score (nSPS) is 17.7. The van der Waals surface area contributed by atoms with Crippen molar-refractivity contribution in [2.45, 2.75) is 12.8 Å². The predicted molar refractivity (Wildman–Crippen MR) is 104 cm³/mol. The smallest absolute Gasteiger partial charge is 0.226 e. The van der Waals surface area contributed by atoms with Crippen LogP contribution in [0, 0.1) is 5.92 Å². The Morgan fingerprint density at radius 3 is 2.38 bits per heavy atom. The standard InChI is InChI=1S/C22H23N3O/c26-22(19-13-16-3-1-2-4-17(16)14-19)25-11-9-24(10-12-25)20-5-6-21-18(15-20)7-8-23-21/h1-8,15,19,23H,9-14H2. The summed E-state index contributed by atoms with van der Waals surface area (Å²) in [4.78, 5) is 20.7. The molecule has 0 spiro atoms. The molecule has 1 N–H and O–H groups in total. The molecule has 26 heavy (non-hydrogen) atoms. The van der Waals surface area contributed by atoms with Crippen molar-refractivity contribution in [2.24, 2.45) is 5.92 Å². The van der Waals surface area contributed by atoms with Gasteiger partial charge in [0, 0.05) is 54.9 Å². The molecule has 1 amide bonds. The van der Waals surface area contributed by atoms with Gasteiger partial charge in [-0.1, -0.05) is 24.3 Å². The molecule has 4 heteroatoms. The van der Waals surface area contributed by atoms with E-state index in [9.17, 15) is 4.79 Å². The first-order chi connectivity index (χ1) is 12.8. The lowest BCUT2D eigenvalue weighted by Gasteiger charge is -2.37. The lowest BCUT2D eigenvalue weighted by molar-refractivity contribution is -0.135. The molecule has 0 atom stereocenters. The number of benzene rings is 2. The molecule has 2 aliphatic rings. The summed E-state index contributed by atoms with van der Waals surface area (Å²) in [6, 6.07) is 17.1. The summed E-state index contributed by atoms with van der Waals surface area (Å²) in [5.41, 5.74) is 5.12. The monoisotopic (exact) mass is 345 g/mol. The van der Waals surface area contributed by atoms with E-state index in [1.807, 2.05) is 6.20 Å². The quantitative estimate of drug-likeness (QED) is 0.774. The summed E-state index contributed by atoms with van der Waals surface area (Å²) in [5.74, 6) is 0.470. The van der Waals surface area contributed by atoms with Crippen LogP contribution in [0.2, 0.25) is 0 Å². The second-order valence-corrected chi connectivity index (χ2v) is 7.44. The highest BCUT2D eigenvalue weighted by Gasteiger charge is 2.32. The zero-order valence-electron chi connectivity index (χ0n) is 14.8. The van der Waals surface area contributed by atoms with Gasteiger partial charge in [-0.3, -0.25) is 4.79 Å². The van der Waals surface area contributed by atoms with E-state index in [0.29, 0.717) is 5.91 Å². The molecule has 0 bridgehead atoms. The Bertz CT molecular complexity index is 928. The number of amides is 1. The van der Waals surface area contributed by atoms with Gasteiger partial charge < -0.3 is 14.8 Å². The van der Waals surface area contributed by atoms with Gasteiger partial charge in [0.05, 0.1) is 0 Å². The van der Waals surface area contributed by atoms with Crippen LogP contribution in [0.3, 0.4) is 0 Å². The SMILES string of the molecule is O=C(C1Cc2ccccc2C1)N1CCN(c2ccc3[nH]ccc3c2)CC1. The lowest BCUT2D eigenvalue weighted by atomic mass is 10.0. The summed E-state index contributed by atoms with van der Waals surface area (Å²) < 4.78 is 0. The maximum absolute atomic E-state index is 13.0. The number of nitrogens with zero attached hydrogens (tertiary/aromatic N) is 2. The van der Waals surface area contributed by atoms with E-state index in [1.165, 1.54) is 27.7 Å². The number of hydrogen-bond acceptors (Lipinski definition) is 2. The first kappa shape index (κ1) is 15.5. The third-order valence-electron chi connectivity index (χ3n) is 5.89. The van der Waals surface area contributed by atoms with Gasteiger partial charge in [0.2, 0.25) is 5.91 Å². The number of aromatic amines is 1. The summed E-state index contributed by atoms with van der Waals surface area (Å²) in [5, 5.41) is 1.24. The van der Waals surface area contributed by atoms with E-state index < -0.39 is 0 Å². The predicted octanol–water partition coefficient (Wildman–Crippen LogP) is 3.23. The molecular weight excluding hydrogens is 322 g/mol. The van der Waals surface area contributed by atoms with Crippen LogP contribution < -0.4 is 4.90 Å². The second-order valence-electron chi connectivity index (χ2n) is 7.44. The zero-order chi connectivity index (χ0) is 17.5. The number of carbonyl (C=O) groups is 1. The van der Waals surface area contributed by atoms with Crippen LogP contribution >= 0.6 is 0 Å². The molecule has 4 nitrogen and oxygen atoms in total. The molecular formula is C22H23N3O. The van der Waals surface area contributed by atoms with E-state index in [1.54, 1.807) is 0 Å². The van der Waals surface area contributed by atoms with Crippen molar-refractivity contribution in [3.8, 4) is 0 Å². The van der Waals surface area contributed by atoms with Crippen molar-refractivity contribution in [1.29, 1.82) is 0 Å². The third-order valence-corrected chi connectivity index (χ3v) is 5.89. The van der Waals surface area contributed by atoms with Gasteiger partial charge in [-0.2, -0.15) is 0 Å². The van der Waals surface area contributed by atoms with Gasteiger partial charge >= 0.3 is 0 Å². The Labute approximate surface area is 153 Å². The van der Waals surface area contributed by atoms with E-state index in [0.717, 1.165) is 39.0 Å². The van der Waals surface area contributed by atoms with Crippen LogP contribution in [0.4, 0.5) is 5.69 Å². The maximum atomic E-state index is 13.0. The highest BCUT2D eigenvalue weighted by atomic mass is 16.2. The molecule has 1 aliphatic heterocycles. The molecule has 2 aromatic carbocycles. The van der Waals surface area contributed by atoms with Gasteiger partial charge in [0.25, 0.3) is 0 Å². The van der Waals surface area contributed by atoms with Crippen molar-refractivity contribution < 1.29 is 4.79 Å². The Hall–Kier alpha value is -2.75. The molecule has 1 saturated heterocycles. The maximum Gasteiger partial charge on any atom is 0.226 e. The number of nitrogens with one attached hydrogen (secondary N) is 1. The highest BCUT2D eigenvalue weighted by Crippen LogP contribution is 2.29. The van der Waals surface area contributed by atoms with Crippen molar-refractivity contribution in [3.05, 3.63) is 65.9 Å². The number of fused-ring (bicyclic) bond motifs is 2. The van der Waals surface area contributed by atoms with E-state index >= 15 is 0 Å². The number of H-pyrrole nitrogens is 1. The van der Waals surface area contributed by atoms with E-state index in [2.05, 4.69) is 63.3 Å². The zero-order valence-corrected chi connectivity index (χ0v) is 14.8. The van der Waals surface area contributed by atoms with Crippen LogP contribution in [0.5, 0.6) is 0 Å². The topological polar surface area (TPSA) is 39.3 Å². The molecule has 2 heterocycles. The first-order valence-electron chi connectivity index (χ1n) is 9.45. The van der Waals surface area contributed by atoms with Gasteiger partial charge in [0.1, 0.15) is 0 Å². The molecule has 132 valence electrons. The third kappa shape index (κ3) is 2.66. The largest absolute Gasteiger partial charge is 0.368 e. The van der Waals surface area contributed by atoms with Gasteiger partial charge in [0.15, 0.2) is 0 Å². The van der Waals surface area contributed by atoms with Gasteiger partial charge in [-0.05, 0) is 48.2 Å². The first-order valence-corrected chi connectivity index (χ1v) is 9.45. The van der Waals surface area contributed by atoms with Crippen LogP contribution in [-0.4, -0.2) is 42.0 Å². The number of piperazine rings is 1. The Kier molecular flexibility index (Phi) is 3.70. The van der Waals surface area contributed by atoms with Gasteiger partial charge in [-0.15, -0.1) is 0 Å². The Morgan fingerprint density at radius 2 is 1.65 bits per heavy atom. The molecule has 1 aromatic heterocycles.